The fourth-order valence-corrected chi connectivity index (χ4v) is 2.80. The summed E-state index contributed by atoms with van der Waals surface area (Å²) in [5, 5.41) is 3.36. The minimum absolute atomic E-state index is 0.220. The quantitative estimate of drug-likeness (QED) is 0.945. The highest BCUT2D eigenvalue weighted by molar-refractivity contribution is 5.63. The molecule has 1 aliphatic carbocycles. The smallest absolute Gasteiger partial charge is 0.134 e. The maximum absolute atomic E-state index is 13.1. The van der Waals surface area contributed by atoms with E-state index in [1.807, 2.05) is 6.07 Å². The van der Waals surface area contributed by atoms with Gasteiger partial charge in [-0.05, 0) is 37.1 Å². The van der Waals surface area contributed by atoms with Gasteiger partial charge in [0, 0.05) is 43.7 Å². The summed E-state index contributed by atoms with van der Waals surface area (Å²) in [6.07, 6.45) is 2.35. The van der Waals surface area contributed by atoms with Crippen LogP contribution in [0.25, 0.3) is 11.3 Å². The van der Waals surface area contributed by atoms with Crippen molar-refractivity contribution < 1.29 is 4.39 Å². The Hall–Kier alpha value is -2.01. The molecule has 0 radical (unpaired) electrons. The first kappa shape index (κ1) is 13.6. The second-order valence-corrected chi connectivity index (χ2v) is 5.99. The zero-order valence-corrected chi connectivity index (χ0v) is 12.4. The highest BCUT2D eigenvalue weighted by Gasteiger charge is 2.28. The van der Waals surface area contributed by atoms with Crippen LogP contribution >= 0.6 is 0 Å². The van der Waals surface area contributed by atoms with E-state index >= 15 is 0 Å². The van der Waals surface area contributed by atoms with Crippen LogP contribution in [0.2, 0.25) is 0 Å². The van der Waals surface area contributed by atoms with E-state index in [9.17, 15) is 4.39 Å². The molecule has 22 heavy (non-hydrogen) atoms. The lowest BCUT2D eigenvalue weighted by molar-refractivity contribution is 0.583. The molecule has 114 valence electrons. The van der Waals surface area contributed by atoms with E-state index in [0.29, 0.717) is 5.92 Å². The molecule has 1 aliphatic heterocycles. The molecule has 1 saturated carbocycles. The van der Waals surface area contributed by atoms with Gasteiger partial charge in [-0.25, -0.2) is 14.4 Å². The number of halogens is 1. The molecule has 2 aromatic rings. The van der Waals surface area contributed by atoms with Crippen LogP contribution in [-0.4, -0.2) is 36.1 Å². The number of benzene rings is 1. The summed E-state index contributed by atoms with van der Waals surface area (Å²) < 4.78 is 13.1. The van der Waals surface area contributed by atoms with E-state index in [1.165, 1.54) is 25.0 Å². The normalized spacial score (nSPS) is 18.5. The van der Waals surface area contributed by atoms with Gasteiger partial charge in [-0.1, -0.05) is 0 Å². The van der Waals surface area contributed by atoms with Crippen LogP contribution in [-0.2, 0) is 0 Å². The molecule has 5 heteroatoms. The third-order valence-corrected chi connectivity index (χ3v) is 4.25. The van der Waals surface area contributed by atoms with Crippen molar-refractivity contribution >= 4 is 5.82 Å². The number of anilines is 1. The summed E-state index contributed by atoms with van der Waals surface area (Å²) in [6, 6.07) is 8.58. The highest BCUT2D eigenvalue weighted by Crippen LogP contribution is 2.39. The molecule has 0 spiro atoms. The van der Waals surface area contributed by atoms with Crippen LogP contribution in [0.15, 0.2) is 30.3 Å². The average molecular weight is 298 g/mol. The molecule has 4 rings (SSSR count). The van der Waals surface area contributed by atoms with Gasteiger partial charge < -0.3 is 10.2 Å². The summed E-state index contributed by atoms with van der Waals surface area (Å²) in [6.45, 7) is 3.89. The number of hydrogen-bond donors (Lipinski definition) is 1. The number of nitrogens with one attached hydrogen (secondary N) is 1. The first-order chi connectivity index (χ1) is 10.8. The minimum Gasteiger partial charge on any atom is -0.354 e. The Morgan fingerprint density at radius 3 is 2.45 bits per heavy atom. The lowest BCUT2D eigenvalue weighted by atomic mass is 10.1. The van der Waals surface area contributed by atoms with Gasteiger partial charge in [0.1, 0.15) is 17.5 Å². The van der Waals surface area contributed by atoms with Gasteiger partial charge in [0.25, 0.3) is 0 Å². The molecule has 2 heterocycles. The van der Waals surface area contributed by atoms with Gasteiger partial charge >= 0.3 is 0 Å². The molecule has 0 unspecified atom stereocenters. The van der Waals surface area contributed by atoms with Crippen molar-refractivity contribution in [2.75, 3.05) is 31.1 Å². The molecular weight excluding hydrogens is 279 g/mol. The van der Waals surface area contributed by atoms with Crippen LogP contribution in [0.1, 0.15) is 24.6 Å². The van der Waals surface area contributed by atoms with E-state index in [0.717, 1.165) is 49.1 Å². The Bertz CT molecular complexity index is 661. The summed E-state index contributed by atoms with van der Waals surface area (Å²) >= 11 is 0. The number of aromatic nitrogens is 2. The number of hydrogen-bond acceptors (Lipinski definition) is 4. The summed E-state index contributed by atoms with van der Waals surface area (Å²) in [7, 11) is 0. The maximum Gasteiger partial charge on any atom is 0.134 e. The maximum atomic E-state index is 13.1. The monoisotopic (exact) mass is 298 g/mol. The Kier molecular flexibility index (Phi) is 3.50. The van der Waals surface area contributed by atoms with E-state index in [-0.39, 0.29) is 5.82 Å². The second kappa shape index (κ2) is 5.65. The van der Waals surface area contributed by atoms with E-state index < -0.39 is 0 Å². The van der Waals surface area contributed by atoms with Gasteiger partial charge in [0.2, 0.25) is 0 Å². The Morgan fingerprint density at radius 2 is 1.77 bits per heavy atom. The standard InChI is InChI=1S/C17H19FN4/c18-14-5-3-12(4-6-14)15-11-16(22-9-7-19-8-10-22)21-17(20-15)13-1-2-13/h3-6,11,13,19H,1-2,7-10H2. The Labute approximate surface area is 129 Å². The van der Waals surface area contributed by atoms with E-state index in [2.05, 4.69) is 10.2 Å². The predicted molar refractivity (Wildman–Crippen MR) is 84.5 cm³/mol. The second-order valence-electron chi connectivity index (χ2n) is 5.99. The van der Waals surface area contributed by atoms with Crippen LogP contribution in [0, 0.1) is 5.82 Å². The summed E-state index contributed by atoms with van der Waals surface area (Å²) in [4.78, 5) is 11.8. The summed E-state index contributed by atoms with van der Waals surface area (Å²) in [5.74, 6) is 2.22. The number of nitrogens with zero attached hydrogens (tertiary/aromatic N) is 3. The van der Waals surface area contributed by atoms with Gasteiger partial charge in [0.05, 0.1) is 5.69 Å². The Balaban J connectivity index is 1.73. The van der Waals surface area contributed by atoms with Gasteiger partial charge in [-0.2, -0.15) is 0 Å². The van der Waals surface area contributed by atoms with Crippen molar-refractivity contribution in [3.05, 3.63) is 42.0 Å². The minimum atomic E-state index is -0.220. The molecule has 1 N–H and O–H groups in total. The van der Waals surface area contributed by atoms with Gasteiger partial charge in [-0.3, -0.25) is 0 Å². The first-order valence-corrected chi connectivity index (χ1v) is 7.90. The molecular formula is C17H19FN4. The highest BCUT2D eigenvalue weighted by atomic mass is 19.1. The average Bonchev–Trinajstić information content (AvgIpc) is 3.41. The van der Waals surface area contributed by atoms with Crippen molar-refractivity contribution in [3.8, 4) is 11.3 Å². The van der Waals surface area contributed by atoms with E-state index in [4.69, 9.17) is 9.97 Å². The van der Waals surface area contributed by atoms with Crippen molar-refractivity contribution in [2.24, 2.45) is 0 Å². The van der Waals surface area contributed by atoms with Crippen LogP contribution in [0.5, 0.6) is 0 Å². The molecule has 0 bridgehead atoms. The zero-order chi connectivity index (χ0) is 14.9. The molecule has 1 aromatic heterocycles. The fraction of sp³-hybridized carbons (Fsp3) is 0.412. The molecule has 0 amide bonds. The van der Waals surface area contributed by atoms with Crippen molar-refractivity contribution in [1.29, 1.82) is 0 Å². The van der Waals surface area contributed by atoms with Gasteiger partial charge in [0.15, 0.2) is 0 Å². The fourth-order valence-electron chi connectivity index (χ4n) is 2.80. The van der Waals surface area contributed by atoms with E-state index in [1.54, 1.807) is 12.1 Å². The van der Waals surface area contributed by atoms with Crippen LogP contribution in [0.3, 0.4) is 0 Å². The molecule has 2 aliphatic rings. The molecule has 1 aromatic carbocycles. The zero-order valence-electron chi connectivity index (χ0n) is 12.4. The topological polar surface area (TPSA) is 41.0 Å². The largest absolute Gasteiger partial charge is 0.354 e. The first-order valence-electron chi connectivity index (χ1n) is 7.90. The van der Waals surface area contributed by atoms with Crippen molar-refractivity contribution in [2.45, 2.75) is 18.8 Å². The van der Waals surface area contributed by atoms with Crippen molar-refractivity contribution in [1.82, 2.24) is 15.3 Å². The third kappa shape index (κ3) is 2.81. The van der Waals surface area contributed by atoms with Crippen LogP contribution in [0.4, 0.5) is 10.2 Å². The van der Waals surface area contributed by atoms with Crippen molar-refractivity contribution in [3.63, 3.8) is 0 Å². The lowest BCUT2D eigenvalue weighted by Gasteiger charge is -2.29. The van der Waals surface area contributed by atoms with Gasteiger partial charge in [-0.15, -0.1) is 0 Å². The number of piperazine rings is 1. The lowest BCUT2D eigenvalue weighted by Crippen LogP contribution is -2.44. The molecule has 4 nitrogen and oxygen atoms in total. The number of rotatable bonds is 3. The SMILES string of the molecule is Fc1ccc(-c2cc(N3CCNCC3)nc(C3CC3)n2)cc1. The third-order valence-electron chi connectivity index (χ3n) is 4.25. The Morgan fingerprint density at radius 1 is 1.05 bits per heavy atom. The summed E-state index contributed by atoms with van der Waals surface area (Å²) in [5.41, 5.74) is 1.84. The van der Waals surface area contributed by atoms with Crippen LogP contribution < -0.4 is 10.2 Å². The molecule has 2 fully saturated rings. The molecule has 1 saturated heterocycles. The predicted octanol–water partition coefficient (Wildman–Crippen LogP) is 2.57. The molecule has 0 atom stereocenters.